The average molecular weight is 348 g/mol. The summed E-state index contributed by atoms with van der Waals surface area (Å²) in [6.45, 7) is 2.26. The largest absolute Gasteiger partial charge is 0.281 e. The summed E-state index contributed by atoms with van der Waals surface area (Å²) in [5, 5.41) is 10.6. The van der Waals surface area contributed by atoms with Gasteiger partial charge in [0.1, 0.15) is 0 Å². The van der Waals surface area contributed by atoms with Crippen LogP contribution < -0.4 is 5.06 Å². The number of hydroxylamine groups is 1. The first-order valence-electron chi connectivity index (χ1n) is 10.3. The van der Waals surface area contributed by atoms with Crippen molar-refractivity contribution < 1.29 is 10.0 Å². The standard InChI is InChI=1S/C22H37NO2/c1-2-3-4-5-6-7-8-9-10-11-12-13-17-20-22(24)23(25)21-18-15-14-16-19-21/h14-16,18-19,25H,2-13,17,20H2,1H3. The molecule has 0 aliphatic rings. The van der Waals surface area contributed by atoms with Crippen LogP contribution in [0.4, 0.5) is 5.69 Å². The molecule has 0 heterocycles. The Morgan fingerprint density at radius 1 is 0.760 bits per heavy atom. The second-order valence-electron chi connectivity index (χ2n) is 7.03. The molecule has 3 heteroatoms. The molecule has 0 aromatic heterocycles. The lowest BCUT2D eigenvalue weighted by Gasteiger charge is -2.14. The number of nitrogens with zero attached hydrogens (tertiary/aromatic N) is 1. The molecule has 0 radical (unpaired) electrons. The van der Waals surface area contributed by atoms with Crippen LogP contribution in [-0.4, -0.2) is 11.1 Å². The first kappa shape index (κ1) is 21.7. The highest BCUT2D eigenvalue weighted by molar-refractivity contribution is 5.90. The van der Waals surface area contributed by atoms with E-state index in [1.165, 1.54) is 70.6 Å². The highest BCUT2D eigenvalue weighted by Gasteiger charge is 2.11. The van der Waals surface area contributed by atoms with Crippen molar-refractivity contribution in [2.24, 2.45) is 0 Å². The maximum absolute atomic E-state index is 11.9. The van der Waals surface area contributed by atoms with Crippen LogP contribution in [0, 0.1) is 0 Å². The lowest BCUT2D eigenvalue weighted by Crippen LogP contribution is -2.26. The van der Waals surface area contributed by atoms with Crippen LogP contribution in [-0.2, 0) is 4.79 Å². The Hall–Kier alpha value is -1.35. The first-order chi connectivity index (χ1) is 12.3. The molecule has 0 fully saturated rings. The van der Waals surface area contributed by atoms with Gasteiger partial charge in [0.2, 0.25) is 0 Å². The summed E-state index contributed by atoms with van der Waals surface area (Å²) in [4.78, 5) is 11.9. The number of amides is 1. The number of anilines is 1. The monoisotopic (exact) mass is 347 g/mol. The fourth-order valence-corrected chi connectivity index (χ4v) is 3.11. The van der Waals surface area contributed by atoms with E-state index in [9.17, 15) is 10.0 Å². The van der Waals surface area contributed by atoms with Crippen molar-refractivity contribution in [3.63, 3.8) is 0 Å². The van der Waals surface area contributed by atoms with Crippen molar-refractivity contribution in [3.05, 3.63) is 30.3 Å². The van der Waals surface area contributed by atoms with Crippen LogP contribution in [0.5, 0.6) is 0 Å². The highest BCUT2D eigenvalue weighted by Crippen LogP contribution is 2.15. The van der Waals surface area contributed by atoms with E-state index in [0.29, 0.717) is 12.1 Å². The molecule has 0 atom stereocenters. The lowest BCUT2D eigenvalue weighted by molar-refractivity contribution is -0.123. The maximum Gasteiger partial charge on any atom is 0.250 e. The van der Waals surface area contributed by atoms with Crippen molar-refractivity contribution in [1.29, 1.82) is 0 Å². The number of unbranched alkanes of at least 4 members (excludes halogenated alkanes) is 12. The molecule has 1 N–H and O–H groups in total. The molecule has 142 valence electrons. The Balaban J connectivity index is 1.89. The van der Waals surface area contributed by atoms with Crippen molar-refractivity contribution >= 4 is 11.6 Å². The SMILES string of the molecule is CCCCCCCCCCCCCCCC(=O)N(O)c1ccccc1. The second kappa shape index (κ2) is 14.9. The van der Waals surface area contributed by atoms with Crippen LogP contribution in [0.1, 0.15) is 96.8 Å². The molecule has 1 aromatic carbocycles. The van der Waals surface area contributed by atoms with E-state index < -0.39 is 0 Å². The molecule has 1 aromatic rings. The second-order valence-corrected chi connectivity index (χ2v) is 7.03. The molecule has 0 aliphatic carbocycles. The van der Waals surface area contributed by atoms with Crippen molar-refractivity contribution in [3.8, 4) is 0 Å². The van der Waals surface area contributed by atoms with Crippen LogP contribution in [0.15, 0.2) is 30.3 Å². The van der Waals surface area contributed by atoms with Gasteiger partial charge in [0.25, 0.3) is 5.91 Å². The number of carbonyl (C=O) groups is 1. The Kier molecular flexibility index (Phi) is 13.0. The van der Waals surface area contributed by atoms with Crippen molar-refractivity contribution in [2.45, 2.75) is 96.8 Å². The average Bonchev–Trinajstić information content (AvgIpc) is 2.65. The van der Waals surface area contributed by atoms with Crippen LogP contribution in [0.3, 0.4) is 0 Å². The Labute approximate surface area is 154 Å². The van der Waals surface area contributed by atoms with Gasteiger partial charge in [-0.05, 0) is 18.6 Å². The molecular formula is C22H37NO2. The normalized spacial score (nSPS) is 10.8. The molecule has 0 aliphatic heterocycles. The van der Waals surface area contributed by atoms with E-state index in [0.717, 1.165) is 17.9 Å². The Bertz CT molecular complexity index is 433. The molecule has 1 amide bonds. The fraction of sp³-hybridized carbons (Fsp3) is 0.682. The lowest BCUT2D eigenvalue weighted by atomic mass is 10.0. The quantitative estimate of drug-likeness (QED) is 0.213. The summed E-state index contributed by atoms with van der Waals surface area (Å²) in [5.41, 5.74) is 0.544. The predicted octanol–water partition coefficient (Wildman–Crippen LogP) is 6.89. The molecule has 0 unspecified atom stereocenters. The number of benzene rings is 1. The minimum absolute atomic E-state index is 0.214. The molecule has 3 nitrogen and oxygen atoms in total. The summed E-state index contributed by atoms with van der Waals surface area (Å²) < 4.78 is 0. The number of hydrogen-bond donors (Lipinski definition) is 1. The van der Waals surface area contributed by atoms with Gasteiger partial charge in [0.15, 0.2) is 0 Å². The summed E-state index contributed by atoms with van der Waals surface area (Å²) >= 11 is 0. The molecule has 1 rings (SSSR count). The third-order valence-electron chi connectivity index (χ3n) is 4.73. The Morgan fingerprint density at radius 2 is 1.20 bits per heavy atom. The molecular weight excluding hydrogens is 310 g/mol. The number of hydrogen-bond acceptors (Lipinski definition) is 2. The third kappa shape index (κ3) is 11.0. The highest BCUT2D eigenvalue weighted by atomic mass is 16.5. The van der Waals surface area contributed by atoms with Gasteiger partial charge in [-0.3, -0.25) is 10.0 Å². The van der Waals surface area contributed by atoms with E-state index >= 15 is 0 Å². The van der Waals surface area contributed by atoms with Crippen molar-refractivity contribution in [1.82, 2.24) is 0 Å². The fourth-order valence-electron chi connectivity index (χ4n) is 3.11. The minimum atomic E-state index is -0.214. The minimum Gasteiger partial charge on any atom is -0.281 e. The zero-order chi connectivity index (χ0) is 18.2. The third-order valence-corrected chi connectivity index (χ3v) is 4.73. The van der Waals surface area contributed by atoms with E-state index in [-0.39, 0.29) is 5.91 Å². The van der Waals surface area contributed by atoms with E-state index in [2.05, 4.69) is 6.92 Å². The smallest absolute Gasteiger partial charge is 0.250 e. The van der Waals surface area contributed by atoms with Gasteiger partial charge in [0.05, 0.1) is 5.69 Å². The van der Waals surface area contributed by atoms with Gasteiger partial charge in [-0.2, -0.15) is 5.06 Å². The van der Waals surface area contributed by atoms with E-state index in [1.807, 2.05) is 18.2 Å². The van der Waals surface area contributed by atoms with E-state index in [4.69, 9.17) is 0 Å². The van der Waals surface area contributed by atoms with Gasteiger partial charge >= 0.3 is 0 Å². The van der Waals surface area contributed by atoms with Crippen LogP contribution >= 0.6 is 0 Å². The number of carbonyl (C=O) groups excluding carboxylic acids is 1. The molecule has 0 saturated heterocycles. The Morgan fingerprint density at radius 3 is 1.68 bits per heavy atom. The molecule has 0 bridgehead atoms. The van der Waals surface area contributed by atoms with Gasteiger partial charge in [-0.25, -0.2) is 0 Å². The van der Waals surface area contributed by atoms with Gasteiger partial charge in [0, 0.05) is 6.42 Å². The first-order valence-corrected chi connectivity index (χ1v) is 10.3. The zero-order valence-electron chi connectivity index (χ0n) is 16.1. The number of para-hydroxylation sites is 1. The van der Waals surface area contributed by atoms with Gasteiger partial charge < -0.3 is 0 Å². The molecule has 0 saturated carbocycles. The number of rotatable bonds is 15. The zero-order valence-corrected chi connectivity index (χ0v) is 16.1. The maximum atomic E-state index is 11.9. The molecule has 25 heavy (non-hydrogen) atoms. The summed E-state index contributed by atoms with van der Waals surface area (Å²) in [6, 6.07) is 8.98. The topological polar surface area (TPSA) is 40.5 Å². The van der Waals surface area contributed by atoms with Crippen molar-refractivity contribution in [2.75, 3.05) is 5.06 Å². The molecule has 0 spiro atoms. The van der Waals surface area contributed by atoms with E-state index in [1.54, 1.807) is 12.1 Å². The van der Waals surface area contributed by atoms with Crippen LogP contribution in [0.2, 0.25) is 0 Å². The summed E-state index contributed by atoms with van der Waals surface area (Å²) in [6.07, 6.45) is 17.2. The van der Waals surface area contributed by atoms with Gasteiger partial charge in [-0.15, -0.1) is 0 Å². The predicted molar refractivity (Wildman–Crippen MR) is 106 cm³/mol. The summed E-state index contributed by atoms with van der Waals surface area (Å²) in [5.74, 6) is -0.214. The van der Waals surface area contributed by atoms with Gasteiger partial charge in [-0.1, -0.05) is 102 Å². The summed E-state index contributed by atoms with van der Waals surface area (Å²) in [7, 11) is 0. The van der Waals surface area contributed by atoms with Crippen LogP contribution in [0.25, 0.3) is 0 Å².